The predicted octanol–water partition coefficient (Wildman–Crippen LogP) is 3.10. The summed E-state index contributed by atoms with van der Waals surface area (Å²) in [6.45, 7) is 0. The van der Waals surface area contributed by atoms with Gasteiger partial charge in [-0.2, -0.15) is 18.3 Å². The minimum atomic E-state index is -4.47. The van der Waals surface area contributed by atoms with Crippen LogP contribution in [0.2, 0.25) is 0 Å². The zero-order chi connectivity index (χ0) is 20.8. The molecule has 0 fully saturated rings. The van der Waals surface area contributed by atoms with Crippen molar-refractivity contribution >= 4 is 5.78 Å². The standard InChI is InChI=1S/C20H17F3N4O2/c1-27-18-14(7-3-5-12-10-24-19(29)25-16(12)18)17(26-27)15(28)9-11-4-2-6-13(8-11)20(21,22)23/h2,4,6,8,10H,3,5,7,9H2,1H3,(H,24,25,29). The number of carbonyl (C=O) groups excluding carboxylic acids is 1. The Morgan fingerprint density at radius 3 is 2.83 bits per heavy atom. The SMILES string of the molecule is Cn1nc(C(=O)Cc2cccc(C(F)(F)F)c2)c2c1-c1[nH]c(=O)ncc1CCC2. The highest BCUT2D eigenvalue weighted by Crippen LogP contribution is 2.33. The van der Waals surface area contributed by atoms with Gasteiger partial charge in [0, 0.05) is 25.2 Å². The van der Waals surface area contributed by atoms with Crippen LogP contribution < -0.4 is 5.69 Å². The third-order valence-corrected chi connectivity index (χ3v) is 5.03. The monoisotopic (exact) mass is 402 g/mol. The highest BCUT2D eigenvalue weighted by Gasteiger charge is 2.31. The maximum Gasteiger partial charge on any atom is 0.416 e. The van der Waals surface area contributed by atoms with Crippen molar-refractivity contribution < 1.29 is 18.0 Å². The molecule has 0 radical (unpaired) electrons. The Morgan fingerprint density at radius 1 is 1.28 bits per heavy atom. The Labute approximate surface area is 163 Å². The lowest BCUT2D eigenvalue weighted by Gasteiger charge is -2.08. The second-order valence-electron chi connectivity index (χ2n) is 7.04. The molecule has 1 aromatic carbocycles. The van der Waals surface area contributed by atoms with Gasteiger partial charge >= 0.3 is 11.9 Å². The van der Waals surface area contributed by atoms with Gasteiger partial charge in [-0.25, -0.2) is 9.78 Å². The first-order valence-electron chi connectivity index (χ1n) is 9.08. The molecular weight excluding hydrogens is 385 g/mol. The van der Waals surface area contributed by atoms with Gasteiger partial charge in [0.15, 0.2) is 5.78 Å². The number of carbonyl (C=O) groups is 1. The van der Waals surface area contributed by atoms with Crippen LogP contribution in [0.5, 0.6) is 0 Å². The lowest BCUT2D eigenvalue weighted by Crippen LogP contribution is -2.13. The molecule has 2 aromatic heterocycles. The summed E-state index contributed by atoms with van der Waals surface area (Å²) >= 11 is 0. The molecule has 0 bridgehead atoms. The van der Waals surface area contributed by atoms with Gasteiger partial charge in [0.25, 0.3) is 0 Å². The number of aromatic amines is 1. The highest BCUT2D eigenvalue weighted by atomic mass is 19.4. The molecular formula is C20H17F3N4O2. The van der Waals surface area contributed by atoms with E-state index in [1.807, 2.05) is 0 Å². The molecule has 2 heterocycles. The van der Waals surface area contributed by atoms with Gasteiger partial charge in [-0.05, 0) is 36.5 Å². The van der Waals surface area contributed by atoms with Crippen LogP contribution in [-0.2, 0) is 32.5 Å². The van der Waals surface area contributed by atoms with Crippen molar-refractivity contribution in [2.45, 2.75) is 31.9 Å². The summed E-state index contributed by atoms with van der Waals surface area (Å²) in [6.07, 6.45) is -1.12. The van der Waals surface area contributed by atoms with Crippen LogP contribution >= 0.6 is 0 Å². The number of Topliss-reactive ketones (excluding diaryl/α,β-unsaturated/α-hetero) is 1. The van der Waals surface area contributed by atoms with Crippen LogP contribution in [0, 0.1) is 0 Å². The topological polar surface area (TPSA) is 80.6 Å². The van der Waals surface area contributed by atoms with Crippen LogP contribution in [0.25, 0.3) is 11.4 Å². The summed E-state index contributed by atoms with van der Waals surface area (Å²) in [5.41, 5.74) is 2.01. The molecule has 9 heteroatoms. The van der Waals surface area contributed by atoms with Gasteiger partial charge in [0.2, 0.25) is 0 Å². The number of fused-ring (bicyclic) bond motifs is 3. The number of aryl methyl sites for hydroxylation is 2. The number of alkyl halides is 3. The number of ketones is 1. The Hall–Kier alpha value is -3.23. The normalized spacial score (nSPS) is 13.5. The quantitative estimate of drug-likeness (QED) is 0.683. The lowest BCUT2D eigenvalue weighted by atomic mass is 9.99. The van der Waals surface area contributed by atoms with Crippen LogP contribution in [0.15, 0.2) is 35.3 Å². The number of benzene rings is 1. The predicted molar refractivity (Wildman–Crippen MR) is 98.6 cm³/mol. The summed E-state index contributed by atoms with van der Waals surface area (Å²) in [4.78, 5) is 31.1. The van der Waals surface area contributed by atoms with Crippen LogP contribution in [0.3, 0.4) is 0 Å². The van der Waals surface area contributed by atoms with Crippen molar-refractivity contribution in [2.75, 3.05) is 0 Å². The molecule has 150 valence electrons. The van der Waals surface area contributed by atoms with Crippen molar-refractivity contribution in [3.05, 3.63) is 68.9 Å². The summed E-state index contributed by atoms with van der Waals surface area (Å²) in [5, 5.41) is 4.33. The summed E-state index contributed by atoms with van der Waals surface area (Å²) in [7, 11) is 1.67. The van der Waals surface area contributed by atoms with E-state index in [2.05, 4.69) is 15.1 Å². The smallest absolute Gasteiger partial charge is 0.304 e. The molecule has 0 spiro atoms. The van der Waals surface area contributed by atoms with Crippen LogP contribution in [0.1, 0.15) is 39.2 Å². The van der Waals surface area contributed by atoms with E-state index in [-0.39, 0.29) is 23.5 Å². The number of H-pyrrole nitrogens is 1. The molecule has 1 aliphatic carbocycles. The minimum Gasteiger partial charge on any atom is -0.304 e. The number of nitrogens with one attached hydrogen (secondary N) is 1. The second-order valence-corrected chi connectivity index (χ2v) is 7.04. The fourth-order valence-electron chi connectivity index (χ4n) is 3.75. The van der Waals surface area contributed by atoms with Gasteiger partial charge in [-0.15, -0.1) is 0 Å². The molecule has 3 aromatic rings. The summed E-state index contributed by atoms with van der Waals surface area (Å²) < 4.78 is 40.4. The van der Waals surface area contributed by atoms with Gasteiger partial charge in [0.05, 0.1) is 17.0 Å². The van der Waals surface area contributed by atoms with E-state index < -0.39 is 17.4 Å². The van der Waals surface area contributed by atoms with Crippen molar-refractivity contribution in [3.8, 4) is 11.4 Å². The van der Waals surface area contributed by atoms with Crippen molar-refractivity contribution in [1.82, 2.24) is 19.7 Å². The van der Waals surface area contributed by atoms with E-state index in [0.29, 0.717) is 29.8 Å². The molecule has 4 rings (SSSR count). The first-order valence-corrected chi connectivity index (χ1v) is 9.08. The summed E-state index contributed by atoms with van der Waals surface area (Å²) in [6, 6.07) is 4.74. The average molecular weight is 402 g/mol. The van der Waals surface area contributed by atoms with Crippen molar-refractivity contribution in [3.63, 3.8) is 0 Å². The van der Waals surface area contributed by atoms with Gasteiger partial charge in [-0.3, -0.25) is 9.48 Å². The Morgan fingerprint density at radius 2 is 2.07 bits per heavy atom. The fourth-order valence-corrected chi connectivity index (χ4v) is 3.75. The number of nitrogens with zero attached hydrogens (tertiary/aromatic N) is 3. The molecule has 0 aliphatic heterocycles. The van der Waals surface area contributed by atoms with E-state index in [4.69, 9.17) is 0 Å². The maximum atomic E-state index is 12.9. The summed E-state index contributed by atoms with van der Waals surface area (Å²) in [5.74, 6) is -0.360. The molecule has 0 saturated heterocycles. The largest absolute Gasteiger partial charge is 0.416 e. The lowest BCUT2D eigenvalue weighted by molar-refractivity contribution is -0.137. The zero-order valence-corrected chi connectivity index (χ0v) is 15.5. The van der Waals surface area contributed by atoms with Crippen molar-refractivity contribution in [2.24, 2.45) is 7.05 Å². The second kappa shape index (κ2) is 6.98. The van der Waals surface area contributed by atoms with Gasteiger partial charge < -0.3 is 4.98 Å². The number of aromatic nitrogens is 4. The zero-order valence-electron chi connectivity index (χ0n) is 15.5. The van der Waals surface area contributed by atoms with E-state index in [1.54, 1.807) is 7.05 Å². The molecule has 1 aliphatic rings. The third-order valence-electron chi connectivity index (χ3n) is 5.03. The van der Waals surface area contributed by atoms with E-state index in [0.717, 1.165) is 24.1 Å². The van der Waals surface area contributed by atoms with Gasteiger partial charge in [-0.1, -0.05) is 18.2 Å². The number of halogens is 3. The number of rotatable bonds is 3. The fraction of sp³-hybridized carbons (Fsp3) is 0.300. The van der Waals surface area contributed by atoms with Gasteiger partial charge in [0.1, 0.15) is 5.69 Å². The molecule has 0 amide bonds. The Kier molecular flexibility index (Phi) is 4.60. The number of hydrogen-bond donors (Lipinski definition) is 1. The Balaban J connectivity index is 1.72. The Bertz CT molecular complexity index is 1160. The minimum absolute atomic E-state index is 0.187. The maximum absolute atomic E-state index is 12.9. The molecule has 6 nitrogen and oxygen atoms in total. The highest BCUT2D eigenvalue weighted by molar-refractivity contribution is 5.98. The first kappa shape index (κ1) is 19.1. The van der Waals surface area contributed by atoms with Crippen molar-refractivity contribution in [1.29, 1.82) is 0 Å². The van der Waals surface area contributed by atoms with E-state index >= 15 is 0 Å². The number of hydrogen-bond acceptors (Lipinski definition) is 4. The van der Waals surface area contributed by atoms with Crippen LogP contribution in [0.4, 0.5) is 13.2 Å². The average Bonchev–Trinajstić information content (AvgIpc) is 2.87. The molecule has 0 atom stereocenters. The molecule has 0 saturated carbocycles. The van der Waals surface area contributed by atoms with Crippen LogP contribution in [-0.4, -0.2) is 25.5 Å². The van der Waals surface area contributed by atoms with E-state index in [9.17, 15) is 22.8 Å². The first-order chi connectivity index (χ1) is 13.7. The molecule has 29 heavy (non-hydrogen) atoms. The molecule has 0 unspecified atom stereocenters. The van der Waals surface area contributed by atoms with E-state index in [1.165, 1.54) is 23.0 Å². The molecule has 1 N–H and O–H groups in total. The third kappa shape index (κ3) is 3.59.